The molecular weight excluding hydrogens is 222 g/mol. The van der Waals surface area contributed by atoms with Crippen LogP contribution in [0, 0.1) is 0 Å². The zero-order valence-electron chi connectivity index (χ0n) is 9.89. The van der Waals surface area contributed by atoms with Gasteiger partial charge in [0.1, 0.15) is 0 Å². The van der Waals surface area contributed by atoms with Gasteiger partial charge in [-0.3, -0.25) is 9.59 Å². The van der Waals surface area contributed by atoms with Crippen LogP contribution in [-0.2, 0) is 9.57 Å². The molecule has 0 saturated heterocycles. The summed E-state index contributed by atoms with van der Waals surface area (Å²) < 4.78 is 5.03. The van der Waals surface area contributed by atoms with Crippen molar-refractivity contribution in [3.05, 3.63) is 35.4 Å². The quantitative estimate of drug-likeness (QED) is 0.589. The number of hydrogen-bond acceptors (Lipinski definition) is 4. The number of rotatable bonds is 3. The number of carbonyl (C=O) groups is 2. The molecule has 0 aliphatic carbocycles. The third-order valence-electron chi connectivity index (χ3n) is 2.56. The number of nitrogens with zero attached hydrogens (tertiary/aromatic N) is 1. The molecule has 0 radical (unpaired) electrons. The summed E-state index contributed by atoms with van der Waals surface area (Å²) in [5, 5.41) is 0.744. The third kappa shape index (κ3) is 1.94. The van der Waals surface area contributed by atoms with Gasteiger partial charge in [-0.2, -0.15) is 0 Å². The van der Waals surface area contributed by atoms with Gasteiger partial charge in [-0.05, 0) is 26.0 Å². The van der Waals surface area contributed by atoms with Gasteiger partial charge in [0.2, 0.25) is 0 Å². The molecule has 0 unspecified atom stereocenters. The molecule has 0 aromatic heterocycles. The van der Waals surface area contributed by atoms with E-state index in [1.165, 1.54) is 7.11 Å². The minimum atomic E-state index is -1.03. The van der Waals surface area contributed by atoms with Crippen LogP contribution >= 0.6 is 0 Å². The fourth-order valence-electron chi connectivity index (χ4n) is 1.51. The summed E-state index contributed by atoms with van der Waals surface area (Å²) in [6, 6.07) is 6.60. The molecule has 0 atom stereocenters. The lowest BCUT2D eigenvalue weighted by atomic mass is 10.1. The van der Waals surface area contributed by atoms with Crippen LogP contribution in [0.1, 0.15) is 34.6 Å². The molecule has 90 valence electrons. The van der Waals surface area contributed by atoms with Crippen molar-refractivity contribution in [2.75, 3.05) is 7.11 Å². The molecule has 1 aliphatic heterocycles. The van der Waals surface area contributed by atoms with E-state index in [1.807, 2.05) is 0 Å². The highest BCUT2D eigenvalue weighted by molar-refractivity contribution is 6.20. The standard InChI is InChI=1S/C12H13NO4/c1-12(2,16-3)17-13-10(14)8-6-4-5-7-9(8)11(13)15/h4-7H,1-3H3. The van der Waals surface area contributed by atoms with Crippen LogP contribution in [0.4, 0.5) is 0 Å². The van der Waals surface area contributed by atoms with Crippen LogP contribution in [0.5, 0.6) is 0 Å². The molecule has 5 nitrogen and oxygen atoms in total. The summed E-state index contributed by atoms with van der Waals surface area (Å²) in [6.07, 6.45) is 0. The van der Waals surface area contributed by atoms with E-state index in [4.69, 9.17) is 9.57 Å². The number of methoxy groups -OCH3 is 1. The van der Waals surface area contributed by atoms with Gasteiger partial charge in [0, 0.05) is 7.11 Å². The number of carbonyl (C=O) groups excluding carboxylic acids is 2. The zero-order chi connectivity index (χ0) is 12.6. The highest BCUT2D eigenvalue weighted by Gasteiger charge is 2.39. The molecule has 2 amide bonds. The Morgan fingerprint density at radius 3 is 1.94 bits per heavy atom. The van der Waals surface area contributed by atoms with E-state index in [9.17, 15) is 9.59 Å². The monoisotopic (exact) mass is 235 g/mol. The van der Waals surface area contributed by atoms with Gasteiger partial charge in [0.25, 0.3) is 11.8 Å². The fraction of sp³-hybridized carbons (Fsp3) is 0.333. The Balaban J connectivity index is 2.31. The number of fused-ring (bicyclic) bond motifs is 1. The molecule has 1 aromatic rings. The van der Waals surface area contributed by atoms with Crippen LogP contribution in [0.2, 0.25) is 0 Å². The summed E-state index contributed by atoms with van der Waals surface area (Å²) >= 11 is 0. The van der Waals surface area contributed by atoms with Gasteiger partial charge in [-0.25, -0.2) is 4.84 Å². The minimum Gasteiger partial charge on any atom is -0.352 e. The summed E-state index contributed by atoms with van der Waals surface area (Å²) in [7, 11) is 1.44. The molecule has 1 heterocycles. The Kier molecular flexibility index (Phi) is 2.73. The maximum Gasteiger partial charge on any atom is 0.286 e. The first-order valence-electron chi connectivity index (χ1n) is 5.18. The summed E-state index contributed by atoms with van der Waals surface area (Å²) in [4.78, 5) is 29.1. The van der Waals surface area contributed by atoms with E-state index in [1.54, 1.807) is 38.1 Å². The average molecular weight is 235 g/mol. The Labute approximate surface area is 98.9 Å². The number of hydrogen-bond donors (Lipinski definition) is 0. The Morgan fingerprint density at radius 2 is 1.53 bits per heavy atom. The molecule has 0 saturated carbocycles. The first kappa shape index (κ1) is 11.8. The average Bonchev–Trinajstić information content (AvgIpc) is 2.55. The van der Waals surface area contributed by atoms with Crippen LogP contribution in [0.15, 0.2) is 24.3 Å². The van der Waals surface area contributed by atoms with Crippen molar-refractivity contribution in [3.63, 3.8) is 0 Å². The maximum absolute atomic E-state index is 11.9. The van der Waals surface area contributed by atoms with Gasteiger partial charge in [0.05, 0.1) is 11.1 Å². The lowest BCUT2D eigenvalue weighted by molar-refractivity contribution is -0.280. The lowest BCUT2D eigenvalue weighted by Gasteiger charge is -2.26. The molecule has 5 heteroatoms. The SMILES string of the molecule is COC(C)(C)ON1C(=O)c2ccccc2C1=O. The highest BCUT2D eigenvalue weighted by Crippen LogP contribution is 2.25. The van der Waals surface area contributed by atoms with Gasteiger partial charge in [-0.15, -0.1) is 5.06 Å². The number of amides is 2. The van der Waals surface area contributed by atoms with E-state index in [0.29, 0.717) is 11.1 Å². The predicted molar refractivity (Wildman–Crippen MR) is 59.1 cm³/mol. The van der Waals surface area contributed by atoms with Gasteiger partial charge in [-0.1, -0.05) is 12.1 Å². The molecule has 0 fully saturated rings. The largest absolute Gasteiger partial charge is 0.352 e. The van der Waals surface area contributed by atoms with Crippen molar-refractivity contribution in [3.8, 4) is 0 Å². The first-order valence-corrected chi connectivity index (χ1v) is 5.18. The smallest absolute Gasteiger partial charge is 0.286 e. The lowest BCUT2D eigenvalue weighted by Crippen LogP contribution is -2.40. The van der Waals surface area contributed by atoms with Crippen LogP contribution in [0.25, 0.3) is 0 Å². The van der Waals surface area contributed by atoms with E-state index >= 15 is 0 Å². The molecule has 2 rings (SSSR count). The Bertz CT molecular complexity index is 446. The number of hydroxylamine groups is 2. The summed E-state index contributed by atoms with van der Waals surface area (Å²) in [5.41, 5.74) is 0.703. The fourth-order valence-corrected chi connectivity index (χ4v) is 1.51. The normalized spacial score (nSPS) is 15.4. The Morgan fingerprint density at radius 1 is 1.06 bits per heavy atom. The van der Waals surface area contributed by atoms with E-state index < -0.39 is 17.6 Å². The number of ether oxygens (including phenoxy) is 1. The van der Waals surface area contributed by atoms with Gasteiger partial charge in [0.15, 0.2) is 5.79 Å². The minimum absolute atomic E-state index is 0.351. The molecule has 17 heavy (non-hydrogen) atoms. The van der Waals surface area contributed by atoms with Crippen molar-refractivity contribution in [2.45, 2.75) is 19.6 Å². The molecular formula is C12H13NO4. The second kappa shape index (κ2) is 3.94. The highest BCUT2D eigenvalue weighted by atomic mass is 16.8. The van der Waals surface area contributed by atoms with Gasteiger partial charge < -0.3 is 4.74 Å². The molecule has 0 N–H and O–H groups in total. The van der Waals surface area contributed by atoms with Crippen molar-refractivity contribution in [1.29, 1.82) is 0 Å². The van der Waals surface area contributed by atoms with E-state index in [-0.39, 0.29) is 0 Å². The molecule has 0 spiro atoms. The van der Waals surface area contributed by atoms with Gasteiger partial charge >= 0.3 is 0 Å². The summed E-state index contributed by atoms with van der Waals surface area (Å²) in [6.45, 7) is 3.24. The van der Waals surface area contributed by atoms with Crippen molar-refractivity contribution in [2.24, 2.45) is 0 Å². The van der Waals surface area contributed by atoms with Crippen molar-refractivity contribution >= 4 is 11.8 Å². The Hall–Kier alpha value is -1.72. The maximum atomic E-state index is 11.9. The van der Waals surface area contributed by atoms with Crippen LogP contribution < -0.4 is 0 Å². The molecule has 0 bridgehead atoms. The predicted octanol–water partition coefficient (Wildman–Crippen LogP) is 1.60. The zero-order valence-corrected chi connectivity index (χ0v) is 9.89. The van der Waals surface area contributed by atoms with Crippen LogP contribution in [0.3, 0.4) is 0 Å². The number of imide groups is 1. The third-order valence-corrected chi connectivity index (χ3v) is 2.56. The topological polar surface area (TPSA) is 55.8 Å². The molecule has 1 aliphatic rings. The second-order valence-electron chi connectivity index (χ2n) is 4.15. The number of benzene rings is 1. The first-order chi connectivity index (χ1) is 7.96. The van der Waals surface area contributed by atoms with Crippen LogP contribution in [-0.4, -0.2) is 29.8 Å². The van der Waals surface area contributed by atoms with Crippen molar-refractivity contribution < 1.29 is 19.2 Å². The molecule has 1 aromatic carbocycles. The van der Waals surface area contributed by atoms with Crippen molar-refractivity contribution in [1.82, 2.24) is 5.06 Å². The second-order valence-corrected chi connectivity index (χ2v) is 4.15. The van der Waals surface area contributed by atoms with E-state index in [0.717, 1.165) is 5.06 Å². The van der Waals surface area contributed by atoms with E-state index in [2.05, 4.69) is 0 Å². The summed E-state index contributed by atoms with van der Waals surface area (Å²) in [5.74, 6) is -1.96.